The van der Waals surface area contributed by atoms with Crippen LogP contribution in [0.4, 0.5) is 0 Å². The van der Waals surface area contributed by atoms with Gasteiger partial charge >= 0.3 is 0 Å². The molecule has 0 aromatic carbocycles. The number of nitrogens with one attached hydrogen (secondary N) is 1. The summed E-state index contributed by atoms with van der Waals surface area (Å²) in [7, 11) is 0. The molecule has 1 aliphatic heterocycles. The molecule has 1 unspecified atom stereocenters. The summed E-state index contributed by atoms with van der Waals surface area (Å²) in [5, 5.41) is 14.8. The first kappa shape index (κ1) is 14.0. The van der Waals surface area contributed by atoms with Crippen molar-refractivity contribution in [1.82, 2.24) is 5.32 Å². The molecule has 2 aliphatic rings. The third kappa shape index (κ3) is 5.01. The molecule has 2 rings (SSSR count). The average Bonchev–Trinajstić information content (AvgIpc) is 2.56. The predicted molar refractivity (Wildman–Crippen MR) is 79.1 cm³/mol. The van der Waals surface area contributed by atoms with Crippen LogP contribution in [0.15, 0.2) is 0 Å². The van der Waals surface area contributed by atoms with E-state index in [0.717, 1.165) is 31.2 Å². The molecule has 0 aromatic heterocycles. The fraction of sp³-hybridized carbons (Fsp3) is 1.00. The maximum atomic E-state index is 10.5. The first-order valence-electron chi connectivity index (χ1n) is 6.91. The topological polar surface area (TPSA) is 32.3 Å². The molecular formula is C13H25NOS2. The van der Waals surface area contributed by atoms with E-state index in [2.05, 4.69) is 28.8 Å². The Labute approximate surface area is 114 Å². The highest BCUT2D eigenvalue weighted by Gasteiger charge is 2.27. The molecule has 1 atom stereocenters. The second-order valence-electron chi connectivity index (χ2n) is 5.34. The predicted octanol–water partition coefficient (Wildman–Crippen LogP) is 2.51. The molecule has 0 radical (unpaired) electrons. The molecule has 1 heterocycles. The second kappa shape index (κ2) is 7.27. The van der Waals surface area contributed by atoms with Crippen LogP contribution in [-0.2, 0) is 0 Å². The van der Waals surface area contributed by atoms with Gasteiger partial charge in [0, 0.05) is 35.6 Å². The van der Waals surface area contributed by atoms with Gasteiger partial charge in [-0.05, 0) is 12.8 Å². The van der Waals surface area contributed by atoms with Gasteiger partial charge in [-0.15, -0.1) is 0 Å². The Hall–Kier alpha value is 0.620. The highest BCUT2D eigenvalue weighted by Crippen LogP contribution is 2.27. The van der Waals surface area contributed by atoms with Crippen molar-refractivity contribution in [3.63, 3.8) is 0 Å². The van der Waals surface area contributed by atoms with Gasteiger partial charge in [-0.2, -0.15) is 23.5 Å². The van der Waals surface area contributed by atoms with Crippen LogP contribution in [0.25, 0.3) is 0 Å². The Kier molecular flexibility index (Phi) is 6.00. The summed E-state index contributed by atoms with van der Waals surface area (Å²) in [6, 6.07) is 0. The fourth-order valence-corrected chi connectivity index (χ4v) is 5.33. The van der Waals surface area contributed by atoms with Crippen molar-refractivity contribution in [2.75, 3.05) is 30.3 Å². The lowest BCUT2D eigenvalue weighted by molar-refractivity contribution is 0.0256. The molecule has 1 saturated heterocycles. The van der Waals surface area contributed by atoms with E-state index >= 15 is 0 Å². The first-order valence-corrected chi connectivity index (χ1v) is 9.11. The monoisotopic (exact) mass is 275 g/mol. The number of rotatable bonds is 4. The lowest BCUT2D eigenvalue weighted by Gasteiger charge is -2.28. The Bertz CT molecular complexity index is 211. The van der Waals surface area contributed by atoms with Crippen molar-refractivity contribution in [2.45, 2.75) is 49.4 Å². The minimum atomic E-state index is -0.414. The Morgan fingerprint density at radius 3 is 2.53 bits per heavy atom. The van der Waals surface area contributed by atoms with Gasteiger partial charge in [0.05, 0.1) is 5.60 Å². The minimum absolute atomic E-state index is 0.414. The van der Waals surface area contributed by atoms with E-state index < -0.39 is 5.60 Å². The fourth-order valence-electron chi connectivity index (χ4n) is 2.68. The zero-order valence-corrected chi connectivity index (χ0v) is 12.3. The van der Waals surface area contributed by atoms with Crippen molar-refractivity contribution in [3.05, 3.63) is 0 Å². The lowest BCUT2D eigenvalue weighted by atomic mass is 9.94. The van der Waals surface area contributed by atoms with Crippen LogP contribution in [0, 0.1) is 0 Å². The number of hydrogen-bond acceptors (Lipinski definition) is 4. The van der Waals surface area contributed by atoms with Crippen molar-refractivity contribution < 1.29 is 5.11 Å². The zero-order chi connectivity index (χ0) is 12.0. The highest BCUT2D eigenvalue weighted by molar-refractivity contribution is 8.06. The maximum Gasteiger partial charge on any atom is 0.0771 e. The highest BCUT2D eigenvalue weighted by atomic mass is 32.2. The van der Waals surface area contributed by atoms with Gasteiger partial charge in [0.25, 0.3) is 0 Å². The van der Waals surface area contributed by atoms with Crippen LogP contribution in [0.5, 0.6) is 0 Å². The molecule has 1 aliphatic carbocycles. The summed E-state index contributed by atoms with van der Waals surface area (Å²) >= 11 is 4.16. The van der Waals surface area contributed by atoms with Crippen LogP contribution in [0.3, 0.4) is 0 Å². The molecule has 0 bridgehead atoms. The largest absolute Gasteiger partial charge is 0.389 e. The molecule has 100 valence electrons. The summed E-state index contributed by atoms with van der Waals surface area (Å²) in [5.41, 5.74) is -0.414. The van der Waals surface area contributed by atoms with E-state index in [9.17, 15) is 5.11 Å². The molecule has 1 saturated carbocycles. The van der Waals surface area contributed by atoms with Crippen molar-refractivity contribution in [2.24, 2.45) is 0 Å². The van der Waals surface area contributed by atoms with E-state index in [1.165, 1.54) is 42.9 Å². The summed E-state index contributed by atoms with van der Waals surface area (Å²) in [5.74, 6) is 3.88. The Balaban J connectivity index is 1.65. The molecule has 0 spiro atoms. The molecule has 2 nitrogen and oxygen atoms in total. The molecular weight excluding hydrogens is 250 g/mol. The maximum absolute atomic E-state index is 10.5. The van der Waals surface area contributed by atoms with Crippen LogP contribution >= 0.6 is 23.5 Å². The van der Waals surface area contributed by atoms with E-state index in [0.29, 0.717) is 0 Å². The molecule has 17 heavy (non-hydrogen) atoms. The van der Waals surface area contributed by atoms with Crippen LogP contribution in [-0.4, -0.2) is 46.3 Å². The Morgan fingerprint density at radius 2 is 1.88 bits per heavy atom. The summed E-state index contributed by atoms with van der Waals surface area (Å²) in [6.07, 6.45) is 6.99. The van der Waals surface area contributed by atoms with Crippen LogP contribution in [0.2, 0.25) is 0 Å². The standard InChI is InChI=1S/C13H25NOS2/c15-13(5-3-1-2-4-6-13)11-14-9-12-10-16-7-8-17-12/h12,14-15H,1-11H2. The number of thioether (sulfide) groups is 2. The first-order chi connectivity index (χ1) is 8.29. The molecule has 2 N–H and O–H groups in total. The van der Waals surface area contributed by atoms with E-state index in [-0.39, 0.29) is 0 Å². The summed E-state index contributed by atoms with van der Waals surface area (Å²) in [4.78, 5) is 0. The van der Waals surface area contributed by atoms with Gasteiger partial charge in [-0.25, -0.2) is 0 Å². The van der Waals surface area contributed by atoms with Crippen LogP contribution < -0.4 is 5.32 Å². The summed E-state index contributed by atoms with van der Waals surface area (Å²) < 4.78 is 0. The normalized spacial score (nSPS) is 29.8. The molecule has 0 aromatic rings. The SMILES string of the molecule is OC1(CNCC2CSCCS2)CCCCCC1. The Morgan fingerprint density at radius 1 is 1.12 bits per heavy atom. The average molecular weight is 275 g/mol. The van der Waals surface area contributed by atoms with Gasteiger partial charge < -0.3 is 10.4 Å². The molecule has 4 heteroatoms. The third-order valence-corrected chi connectivity index (χ3v) is 6.59. The molecule has 0 amide bonds. The summed E-state index contributed by atoms with van der Waals surface area (Å²) in [6.45, 7) is 1.87. The van der Waals surface area contributed by atoms with Gasteiger partial charge in [-0.1, -0.05) is 25.7 Å². The van der Waals surface area contributed by atoms with E-state index in [1.54, 1.807) is 0 Å². The number of hydrogen-bond donors (Lipinski definition) is 2. The quantitative estimate of drug-likeness (QED) is 0.772. The number of aliphatic hydroxyl groups is 1. The smallest absolute Gasteiger partial charge is 0.0771 e. The minimum Gasteiger partial charge on any atom is -0.389 e. The zero-order valence-electron chi connectivity index (χ0n) is 10.6. The molecule has 2 fully saturated rings. The third-order valence-electron chi connectivity index (χ3n) is 3.75. The van der Waals surface area contributed by atoms with E-state index in [1.807, 2.05) is 0 Å². The lowest BCUT2D eigenvalue weighted by Crippen LogP contribution is -2.42. The van der Waals surface area contributed by atoms with Crippen molar-refractivity contribution >= 4 is 23.5 Å². The van der Waals surface area contributed by atoms with Gasteiger partial charge in [-0.3, -0.25) is 0 Å². The van der Waals surface area contributed by atoms with Crippen molar-refractivity contribution in [3.8, 4) is 0 Å². The van der Waals surface area contributed by atoms with Gasteiger partial charge in [0.2, 0.25) is 0 Å². The van der Waals surface area contributed by atoms with Crippen LogP contribution in [0.1, 0.15) is 38.5 Å². The van der Waals surface area contributed by atoms with Gasteiger partial charge in [0.1, 0.15) is 0 Å². The second-order valence-corrected chi connectivity index (χ2v) is 7.90. The van der Waals surface area contributed by atoms with E-state index in [4.69, 9.17) is 0 Å². The van der Waals surface area contributed by atoms with Gasteiger partial charge in [0.15, 0.2) is 0 Å². The van der Waals surface area contributed by atoms with Crippen molar-refractivity contribution in [1.29, 1.82) is 0 Å².